The summed E-state index contributed by atoms with van der Waals surface area (Å²) in [5.41, 5.74) is 8.62. The van der Waals surface area contributed by atoms with Crippen molar-refractivity contribution < 1.29 is 22.2 Å². The Morgan fingerprint density at radius 1 is 0.857 bits per heavy atom. The third-order valence-electron chi connectivity index (χ3n) is 5.51. The Labute approximate surface area is 174 Å². The first kappa shape index (κ1) is 19.4. The molecule has 0 aromatic heterocycles. The molecule has 3 aromatic rings. The van der Waals surface area contributed by atoms with Gasteiger partial charge in [-0.05, 0) is 0 Å². The Balaban J connectivity index is 1.73. The van der Waals surface area contributed by atoms with Gasteiger partial charge in [-0.25, -0.2) is 0 Å². The second kappa shape index (κ2) is 7.82. The van der Waals surface area contributed by atoms with E-state index in [1.165, 1.54) is 22.3 Å². The van der Waals surface area contributed by atoms with E-state index in [0.717, 1.165) is 16.7 Å². The van der Waals surface area contributed by atoms with E-state index in [1.807, 2.05) is 12.1 Å². The Morgan fingerprint density at radius 3 is 1.86 bits per heavy atom. The molecule has 1 aliphatic carbocycles. The fraction of sp³-hybridized carbons (Fsp3) is 0.208. The molecule has 0 heterocycles. The number of amides is 1. The molecule has 141 valence electrons. The van der Waals surface area contributed by atoms with Gasteiger partial charge in [0, 0.05) is 0 Å². The molecule has 1 aliphatic rings. The van der Waals surface area contributed by atoms with Gasteiger partial charge >= 0.3 is 175 Å². The first-order valence-corrected chi connectivity index (χ1v) is 17.2. The number of carbonyl (C=O) groups excluding carboxylic acids is 1. The molecule has 0 radical (unpaired) electrons. The van der Waals surface area contributed by atoms with Crippen molar-refractivity contribution in [1.29, 1.82) is 0 Å². The van der Waals surface area contributed by atoms with Crippen LogP contribution in [0.1, 0.15) is 36.8 Å². The Bertz CT molecular complexity index is 981. The minimum atomic E-state index is -1.90. The predicted octanol–water partition coefficient (Wildman–Crippen LogP) is 5.32. The Morgan fingerprint density at radius 2 is 1.36 bits per heavy atom. The number of nitrogens with one attached hydrogen (secondary N) is 1. The van der Waals surface area contributed by atoms with Crippen molar-refractivity contribution in [1.82, 2.24) is 3.80 Å². The van der Waals surface area contributed by atoms with E-state index in [-0.39, 0.29) is 5.91 Å². The van der Waals surface area contributed by atoms with Gasteiger partial charge < -0.3 is 0 Å². The first-order valence-electron chi connectivity index (χ1n) is 9.90. The van der Waals surface area contributed by atoms with E-state index < -0.39 is 24.0 Å². The molecule has 0 fully saturated rings. The molecule has 2 nitrogen and oxygen atoms in total. The Kier molecular flexibility index (Phi) is 5.42. The van der Waals surface area contributed by atoms with Gasteiger partial charge in [-0.15, -0.1) is 0 Å². The monoisotopic (exact) mass is 420 g/mol. The molecule has 4 heteroatoms. The molecule has 0 saturated carbocycles. The topological polar surface area (TPSA) is 29.1 Å². The summed E-state index contributed by atoms with van der Waals surface area (Å²) >= 11 is -1.90. The molecule has 0 saturated heterocycles. The first-order chi connectivity index (χ1) is 13.5. The zero-order valence-corrected chi connectivity index (χ0v) is 19.6. The summed E-state index contributed by atoms with van der Waals surface area (Å²) < 4.78 is 4.00. The standard InChI is InChI=1S/C13H9.C9H11NO.C2H7Si.Ti/c1-3-7-12-10(5-1)9-11-6-2-4-8-13(11)12;1-6-3-7(2)5-8(4-6)9(10)11;1-3-2;/h1-9H;3-5H,1-2H3,(H2,10,11);3H,1-2H3;/q;;;+1/p-1. The average molecular weight is 420 g/mol. The van der Waals surface area contributed by atoms with Crippen LogP contribution < -0.4 is 3.80 Å². The van der Waals surface area contributed by atoms with Gasteiger partial charge in [0.15, 0.2) is 0 Å². The molecule has 0 atom stereocenters. The van der Waals surface area contributed by atoms with Gasteiger partial charge in [0.2, 0.25) is 0 Å². The molecule has 0 aliphatic heterocycles. The molecule has 1 amide bonds. The zero-order valence-electron chi connectivity index (χ0n) is 16.9. The van der Waals surface area contributed by atoms with Crippen LogP contribution in [-0.2, 0) is 17.4 Å². The Hall–Kier alpha value is -1.94. The van der Waals surface area contributed by atoms with Crippen LogP contribution in [0.4, 0.5) is 0 Å². The molecule has 28 heavy (non-hydrogen) atoms. The van der Waals surface area contributed by atoms with Crippen molar-refractivity contribution in [2.45, 2.75) is 31.2 Å². The predicted molar refractivity (Wildman–Crippen MR) is 116 cm³/mol. The van der Waals surface area contributed by atoms with Crippen LogP contribution in [-0.4, -0.2) is 12.6 Å². The normalized spacial score (nSPS) is 12.6. The fourth-order valence-electron chi connectivity index (χ4n) is 4.35. The zero-order chi connectivity index (χ0) is 19.8. The van der Waals surface area contributed by atoms with Crippen LogP contribution in [0.25, 0.3) is 11.1 Å². The summed E-state index contributed by atoms with van der Waals surface area (Å²) in [6.07, 6.45) is 0. The van der Waals surface area contributed by atoms with E-state index in [9.17, 15) is 4.79 Å². The number of benzene rings is 3. The summed E-state index contributed by atoms with van der Waals surface area (Å²) in [5, 5.41) is 0. The average Bonchev–Trinajstić information content (AvgIpc) is 2.99. The molecular weight excluding hydrogens is 394 g/mol. The van der Waals surface area contributed by atoms with Crippen LogP contribution in [0.3, 0.4) is 0 Å². The molecule has 3 aromatic carbocycles. The maximum absolute atomic E-state index is 13.2. The van der Waals surface area contributed by atoms with Gasteiger partial charge in [0.25, 0.3) is 0 Å². The second-order valence-corrected chi connectivity index (χ2v) is 21.0. The minimum absolute atomic E-state index is 0.116. The van der Waals surface area contributed by atoms with E-state index in [0.29, 0.717) is 4.22 Å². The number of rotatable bonds is 4. The maximum atomic E-state index is 13.2. The SMILES string of the molecule is Cc1cc(C)cc(C(=O)[NH][Ti]([CH]2c3ccccc3-c3ccccc32)[SiH](C)C)c1. The summed E-state index contributed by atoms with van der Waals surface area (Å²) in [7, 11) is 0. The second-order valence-electron chi connectivity index (χ2n) is 8.05. The van der Waals surface area contributed by atoms with Crippen molar-refractivity contribution in [3.05, 3.63) is 94.5 Å². The van der Waals surface area contributed by atoms with E-state index >= 15 is 0 Å². The fourth-order valence-corrected chi connectivity index (χ4v) is 14.5. The van der Waals surface area contributed by atoms with Gasteiger partial charge in [-0.1, -0.05) is 0 Å². The molecule has 0 unspecified atom stereocenters. The molecule has 1 N–H and O–H groups in total. The number of hydrogen-bond acceptors (Lipinski definition) is 1. The van der Waals surface area contributed by atoms with Crippen LogP contribution in [0.2, 0.25) is 13.1 Å². The summed E-state index contributed by atoms with van der Waals surface area (Å²) in [6, 6.07) is 23.7. The van der Waals surface area contributed by atoms with Crippen molar-refractivity contribution in [3.63, 3.8) is 0 Å². The van der Waals surface area contributed by atoms with E-state index in [2.05, 4.69) is 85.3 Å². The number of aryl methyl sites for hydroxylation is 2. The molecule has 4 rings (SSSR count). The van der Waals surface area contributed by atoms with Crippen molar-refractivity contribution in [2.24, 2.45) is 0 Å². The van der Waals surface area contributed by atoms with Gasteiger partial charge in [-0.3, -0.25) is 0 Å². The van der Waals surface area contributed by atoms with Gasteiger partial charge in [0.1, 0.15) is 0 Å². The number of fused-ring (bicyclic) bond motifs is 3. The third kappa shape index (κ3) is 3.55. The number of hydrogen-bond donors (Lipinski definition) is 1. The van der Waals surface area contributed by atoms with Crippen LogP contribution >= 0.6 is 0 Å². The summed E-state index contributed by atoms with van der Waals surface area (Å²) in [4.78, 5) is 13.2. The van der Waals surface area contributed by atoms with Crippen molar-refractivity contribution in [2.75, 3.05) is 0 Å². The van der Waals surface area contributed by atoms with Gasteiger partial charge in [0.05, 0.1) is 0 Å². The quantitative estimate of drug-likeness (QED) is 0.569. The van der Waals surface area contributed by atoms with Crippen LogP contribution in [0.5, 0.6) is 0 Å². The number of carbonyl (C=O) groups is 1. The molecule has 0 bridgehead atoms. The molecule has 0 spiro atoms. The van der Waals surface area contributed by atoms with E-state index in [4.69, 9.17) is 0 Å². The summed E-state index contributed by atoms with van der Waals surface area (Å²) in [6.45, 7) is 7.90. The third-order valence-corrected chi connectivity index (χ3v) is 17.3. The summed E-state index contributed by atoms with van der Waals surface area (Å²) in [5.74, 6) is 0.116. The van der Waals surface area contributed by atoms with E-state index in [1.54, 1.807) is 0 Å². The molecular formula is C24H26NOSiTi. The van der Waals surface area contributed by atoms with Crippen LogP contribution in [0.15, 0.2) is 66.7 Å². The van der Waals surface area contributed by atoms with Crippen molar-refractivity contribution in [3.8, 4) is 11.1 Å². The van der Waals surface area contributed by atoms with Crippen LogP contribution in [0, 0.1) is 13.8 Å². The van der Waals surface area contributed by atoms with Gasteiger partial charge in [-0.2, -0.15) is 0 Å². The van der Waals surface area contributed by atoms with Crippen molar-refractivity contribution >= 4 is 12.6 Å².